The van der Waals surface area contributed by atoms with E-state index in [2.05, 4.69) is 89.5 Å². The zero-order chi connectivity index (χ0) is 41.6. The van der Waals surface area contributed by atoms with Crippen molar-refractivity contribution in [3.63, 3.8) is 0 Å². The van der Waals surface area contributed by atoms with Gasteiger partial charge < -0.3 is 0 Å². The fourth-order valence-corrected chi connectivity index (χ4v) is 8.87. The number of unbranched alkanes of at least 4 members (excludes halogenated alkanes) is 30. The van der Waals surface area contributed by atoms with Gasteiger partial charge in [0.05, 0.1) is 0 Å². The Kier molecular flexibility index (Phi) is 43.1. The molecule has 0 rings (SSSR count). The Bertz CT molecular complexity index is 868. The predicted octanol–water partition coefficient (Wildman–Crippen LogP) is 20.0. The molecule has 0 aliphatic carbocycles. The van der Waals surface area contributed by atoms with Crippen molar-refractivity contribution >= 4 is 6.29 Å². The van der Waals surface area contributed by atoms with Crippen molar-refractivity contribution in [1.82, 2.24) is 0 Å². The van der Waals surface area contributed by atoms with E-state index in [1.54, 1.807) is 0 Å². The molecular formula is C56H103O. The summed E-state index contributed by atoms with van der Waals surface area (Å²) in [6, 6.07) is 0. The summed E-state index contributed by atoms with van der Waals surface area (Å²) < 4.78 is 0. The summed E-state index contributed by atoms with van der Waals surface area (Å²) in [5.41, 5.74) is -0.637. The van der Waals surface area contributed by atoms with Gasteiger partial charge in [-0.25, -0.2) is 0 Å². The fourth-order valence-electron chi connectivity index (χ4n) is 8.87. The molecule has 0 fully saturated rings. The van der Waals surface area contributed by atoms with Crippen LogP contribution in [0.3, 0.4) is 0 Å². The maximum absolute atomic E-state index is 13.9. The first-order valence-electron chi connectivity index (χ1n) is 26.1. The number of hydrogen-bond donors (Lipinski definition) is 0. The van der Waals surface area contributed by atoms with Crippen molar-refractivity contribution in [3.05, 3.63) is 48.6 Å². The smallest absolute Gasteiger partial charge is 0.206 e. The van der Waals surface area contributed by atoms with Crippen LogP contribution in [0.5, 0.6) is 0 Å². The van der Waals surface area contributed by atoms with Crippen LogP contribution in [0.2, 0.25) is 0 Å². The summed E-state index contributed by atoms with van der Waals surface area (Å²) in [6.07, 6.45) is 73.2. The van der Waals surface area contributed by atoms with Crippen LogP contribution in [-0.4, -0.2) is 6.29 Å². The summed E-state index contributed by atoms with van der Waals surface area (Å²) in [5, 5.41) is 0. The molecule has 0 saturated carbocycles. The summed E-state index contributed by atoms with van der Waals surface area (Å²) in [7, 11) is 0. The van der Waals surface area contributed by atoms with Crippen molar-refractivity contribution in [2.24, 2.45) is 10.8 Å². The fraction of sp³-hybridized carbons (Fsp3) is 0.839. The third kappa shape index (κ3) is 32.1. The Hall–Kier alpha value is -1.37. The van der Waals surface area contributed by atoms with Crippen molar-refractivity contribution < 1.29 is 4.79 Å². The molecular weight excluding hydrogens is 689 g/mol. The molecule has 0 N–H and O–H groups in total. The molecule has 0 saturated heterocycles. The number of allylic oxidation sites excluding steroid dienone is 8. The lowest BCUT2D eigenvalue weighted by atomic mass is 9.55. The zero-order valence-electron chi connectivity index (χ0n) is 39.8. The van der Waals surface area contributed by atoms with E-state index in [1.165, 1.54) is 212 Å². The zero-order valence-corrected chi connectivity index (χ0v) is 39.8. The molecule has 0 unspecified atom stereocenters. The summed E-state index contributed by atoms with van der Waals surface area (Å²) in [5.74, 6) is 0. The average Bonchev–Trinajstić information content (AvgIpc) is 3.22. The second-order valence-electron chi connectivity index (χ2n) is 18.3. The molecule has 0 aliphatic rings. The van der Waals surface area contributed by atoms with Crippen LogP contribution in [0.4, 0.5) is 0 Å². The quantitative estimate of drug-likeness (QED) is 0.0443. The Morgan fingerprint density at radius 1 is 0.298 bits per heavy atom. The van der Waals surface area contributed by atoms with Crippen molar-refractivity contribution in [2.45, 2.75) is 291 Å². The standard InChI is InChI=1S/C56H103O/c1-6-11-16-21-26-31-32-33-38-41-46-51-55(49-44-39-34-27-22-17-12-7-2,50-45-40-35-28-23-18-13-8-3)56(54-57,52-47-42-36-29-24-19-14-9-4)53-48-43-37-30-25-20-15-10-5/h39-40,42-45,47-48H,6-38,41,46,49-53H2,1-5H3/b44-39+,45-40+,47-42+,48-43+. The van der Waals surface area contributed by atoms with E-state index in [0.29, 0.717) is 0 Å². The summed E-state index contributed by atoms with van der Waals surface area (Å²) >= 11 is 0. The van der Waals surface area contributed by atoms with Crippen LogP contribution in [-0.2, 0) is 4.79 Å². The molecule has 57 heavy (non-hydrogen) atoms. The van der Waals surface area contributed by atoms with E-state index in [9.17, 15) is 4.79 Å². The van der Waals surface area contributed by atoms with E-state index < -0.39 is 5.41 Å². The third-order valence-corrected chi connectivity index (χ3v) is 13.0. The third-order valence-electron chi connectivity index (χ3n) is 13.0. The van der Waals surface area contributed by atoms with Gasteiger partial charge in [-0.15, -0.1) is 0 Å². The predicted molar refractivity (Wildman–Crippen MR) is 260 cm³/mol. The molecule has 0 bridgehead atoms. The molecule has 0 aliphatic heterocycles. The SMILES string of the molecule is CCCCCCC/C=C/CC([C]=O)(C/C=C/CCCCCCC)C(C/C=C/CCCCCCC)(C/C=C/CCCCCCC)CCCCCCCCCCCCC. The van der Waals surface area contributed by atoms with Gasteiger partial charge in [0.1, 0.15) is 0 Å². The van der Waals surface area contributed by atoms with Gasteiger partial charge in [-0.1, -0.05) is 257 Å². The van der Waals surface area contributed by atoms with Gasteiger partial charge >= 0.3 is 0 Å². The second kappa shape index (κ2) is 44.2. The largest absolute Gasteiger partial charge is 0.290 e. The van der Waals surface area contributed by atoms with E-state index in [-0.39, 0.29) is 5.41 Å². The molecule has 1 heteroatoms. The lowest BCUT2D eigenvalue weighted by Crippen LogP contribution is -2.43. The monoisotopic (exact) mass is 792 g/mol. The van der Waals surface area contributed by atoms with Crippen molar-refractivity contribution in [1.29, 1.82) is 0 Å². The lowest BCUT2D eigenvalue weighted by molar-refractivity contribution is 0.0884. The Balaban J connectivity index is 6.39. The van der Waals surface area contributed by atoms with Crippen LogP contribution >= 0.6 is 0 Å². The van der Waals surface area contributed by atoms with Gasteiger partial charge in [0, 0.05) is 5.41 Å². The van der Waals surface area contributed by atoms with Gasteiger partial charge in [0.25, 0.3) is 0 Å². The minimum atomic E-state index is -0.514. The second-order valence-corrected chi connectivity index (χ2v) is 18.3. The first-order valence-corrected chi connectivity index (χ1v) is 26.1. The highest BCUT2D eigenvalue weighted by Crippen LogP contribution is 2.53. The van der Waals surface area contributed by atoms with Crippen LogP contribution < -0.4 is 0 Å². The molecule has 1 radical (unpaired) electrons. The minimum absolute atomic E-state index is 0.123. The van der Waals surface area contributed by atoms with E-state index in [4.69, 9.17) is 0 Å². The first-order chi connectivity index (χ1) is 28.1. The van der Waals surface area contributed by atoms with Crippen LogP contribution in [0.1, 0.15) is 291 Å². The highest BCUT2D eigenvalue weighted by molar-refractivity contribution is 5.63. The molecule has 0 heterocycles. The van der Waals surface area contributed by atoms with Gasteiger partial charge in [-0.2, -0.15) is 0 Å². The van der Waals surface area contributed by atoms with E-state index in [0.717, 1.165) is 44.9 Å². The maximum Gasteiger partial charge on any atom is 0.206 e. The minimum Gasteiger partial charge on any atom is -0.290 e. The topological polar surface area (TPSA) is 17.1 Å². The van der Waals surface area contributed by atoms with Crippen LogP contribution in [0.25, 0.3) is 0 Å². The molecule has 0 aromatic rings. The maximum atomic E-state index is 13.9. The van der Waals surface area contributed by atoms with E-state index >= 15 is 0 Å². The Morgan fingerprint density at radius 2 is 0.544 bits per heavy atom. The molecule has 0 aromatic heterocycles. The molecule has 1 nitrogen and oxygen atoms in total. The lowest BCUT2D eigenvalue weighted by Gasteiger charge is -2.47. The summed E-state index contributed by atoms with van der Waals surface area (Å²) in [4.78, 5) is 13.9. The molecule has 0 atom stereocenters. The van der Waals surface area contributed by atoms with Crippen molar-refractivity contribution in [3.8, 4) is 0 Å². The molecule has 0 spiro atoms. The van der Waals surface area contributed by atoms with Gasteiger partial charge in [-0.3, -0.25) is 4.79 Å². The number of carbonyl (C=O) groups excluding carboxylic acids is 1. The molecule has 0 amide bonds. The Morgan fingerprint density at radius 3 is 0.825 bits per heavy atom. The highest BCUT2D eigenvalue weighted by Gasteiger charge is 2.48. The molecule has 333 valence electrons. The van der Waals surface area contributed by atoms with Crippen LogP contribution in [0, 0.1) is 10.8 Å². The molecule has 0 aromatic carbocycles. The van der Waals surface area contributed by atoms with Gasteiger partial charge in [-0.05, 0) is 88.9 Å². The van der Waals surface area contributed by atoms with Crippen molar-refractivity contribution in [2.75, 3.05) is 0 Å². The van der Waals surface area contributed by atoms with Crippen LogP contribution in [0.15, 0.2) is 48.6 Å². The normalized spacial score (nSPS) is 12.8. The van der Waals surface area contributed by atoms with Gasteiger partial charge in [0.15, 0.2) is 0 Å². The number of rotatable bonds is 46. The number of hydrogen-bond acceptors (Lipinski definition) is 1. The highest BCUT2D eigenvalue weighted by atomic mass is 16.1. The Labute approximate surface area is 360 Å². The summed E-state index contributed by atoms with van der Waals surface area (Å²) in [6.45, 7) is 11.5. The average molecular weight is 792 g/mol. The van der Waals surface area contributed by atoms with E-state index in [1.807, 2.05) is 0 Å². The first kappa shape index (κ1) is 55.6. The van der Waals surface area contributed by atoms with Gasteiger partial charge in [0.2, 0.25) is 6.29 Å².